The number of thioether (sulfide) groups is 1. The molecule has 1 amide bonds. The Hall–Kier alpha value is -2.22. The highest BCUT2D eigenvalue weighted by Gasteiger charge is 2.30. The van der Waals surface area contributed by atoms with Gasteiger partial charge in [-0.1, -0.05) is 48.2 Å². The lowest BCUT2D eigenvalue weighted by molar-refractivity contribution is -0.129. The molecule has 0 radical (unpaired) electrons. The van der Waals surface area contributed by atoms with Gasteiger partial charge in [0.05, 0.1) is 17.2 Å². The summed E-state index contributed by atoms with van der Waals surface area (Å²) in [5.74, 6) is 0.590. The largest absolute Gasteiger partial charge is 0.334 e. The summed E-state index contributed by atoms with van der Waals surface area (Å²) < 4.78 is 0. The van der Waals surface area contributed by atoms with Crippen LogP contribution < -0.4 is 0 Å². The Morgan fingerprint density at radius 1 is 1.14 bits per heavy atom. The number of carbonyl (C=O) groups excluding carboxylic acids is 1. The van der Waals surface area contributed by atoms with E-state index < -0.39 is 0 Å². The van der Waals surface area contributed by atoms with E-state index in [-0.39, 0.29) is 11.9 Å². The molecular weight excluding hydrogens is 418 g/mol. The Balaban J connectivity index is 1.38. The molecule has 0 bridgehead atoms. The summed E-state index contributed by atoms with van der Waals surface area (Å²) in [4.78, 5) is 26.3. The van der Waals surface area contributed by atoms with Crippen LogP contribution in [0.5, 0.6) is 0 Å². The Bertz CT molecular complexity index is 1120. The Kier molecular flexibility index (Phi) is 5.35. The van der Waals surface area contributed by atoms with E-state index in [0.717, 1.165) is 45.8 Å². The molecule has 3 aromatic heterocycles. The van der Waals surface area contributed by atoms with E-state index in [0.29, 0.717) is 5.75 Å². The van der Waals surface area contributed by atoms with E-state index in [2.05, 4.69) is 45.0 Å². The zero-order valence-electron chi connectivity index (χ0n) is 15.7. The monoisotopic (exact) mass is 437 g/mol. The first kappa shape index (κ1) is 18.8. The topological polar surface area (TPSA) is 46.1 Å². The van der Waals surface area contributed by atoms with E-state index in [9.17, 15) is 4.79 Å². The normalized spacial score (nSPS) is 16.6. The summed E-state index contributed by atoms with van der Waals surface area (Å²) in [6.45, 7) is 0.842. The van der Waals surface area contributed by atoms with Crippen molar-refractivity contribution in [3.8, 4) is 11.1 Å². The highest BCUT2D eigenvalue weighted by molar-refractivity contribution is 8.00. The van der Waals surface area contributed by atoms with Crippen LogP contribution in [0.25, 0.3) is 21.3 Å². The van der Waals surface area contributed by atoms with Crippen molar-refractivity contribution in [2.45, 2.75) is 23.9 Å². The highest BCUT2D eigenvalue weighted by atomic mass is 32.2. The number of hydrogen-bond acceptors (Lipinski definition) is 6. The minimum atomic E-state index is 0.189. The number of likely N-dealkylation sites (tertiary alicyclic amines) is 1. The van der Waals surface area contributed by atoms with Crippen LogP contribution in [0.1, 0.15) is 23.8 Å². The van der Waals surface area contributed by atoms with Gasteiger partial charge in [-0.2, -0.15) is 0 Å². The molecule has 1 aliphatic rings. The van der Waals surface area contributed by atoms with Crippen LogP contribution in [0.4, 0.5) is 0 Å². The third-order valence-electron chi connectivity index (χ3n) is 5.20. The number of thiophene rings is 2. The van der Waals surface area contributed by atoms with Crippen molar-refractivity contribution in [2.24, 2.45) is 0 Å². The maximum absolute atomic E-state index is 13.0. The van der Waals surface area contributed by atoms with E-state index in [1.165, 1.54) is 16.6 Å². The molecule has 1 saturated heterocycles. The summed E-state index contributed by atoms with van der Waals surface area (Å²) in [5, 5.41) is 6.16. The first-order valence-electron chi connectivity index (χ1n) is 9.54. The Morgan fingerprint density at radius 3 is 2.86 bits per heavy atom. The van der Waals surface area contributed by atoms with Crippen LogP contribution in [0, 0.1) is 0 Å². The molecule has 146 valence electrons. The molecule has 0 unspecified atom stereocenters. The summed E-state index contributed by atoms with van der Waals surface area (Å²) in [5.41, 5.74) is 2.29. The summed E-state index contributed by atoms with van der Waals surface area (Å²) in [6.07, 6.45) is 3.72. The smallest absolute Gasteiger partial charge is 0.233 e. The number of aromatic nitrogens is 2. The molecule has 1 aromatic carbocycles. The minimum absolute atomic E-state index is 0.189. The van der Waals surface area contributed by atoms with Crippen LogP contribution in [-0.4, -0.2) is 33.1 Å². The number of nitrogens with zero attached hydrogens (tertiary/aromatic N) is 3. The zero-order valence-corrected chi connectivity index (χ0v) is 18.1. The predicted octanol–water partition coefficient (Wildman–Crippen LogP) is 5.88. The molecule has 0 spiro atoms. The SMILES string of the molecule is O=C(CSc1ncnc2scc(-c3ccccc3)c12)N1CCC[C@@H]1c1cccs1. The Morgan fingerprint density at radius 2 is 2.03 bits per heavy atom. The summed E-state index contributed by atoms with van der Waals surface area (Å²) >= 11 is 4.89. The van der Waals surface area contributed by atoms with Crippen molar-refractivity contribution in [3.63, 3.8) is 0 Å². The fourth-order valence-electron chi connectivity index (χ4n) is 3.84. The molecule has 29 heavy (non-hydrogen) atoms. The molecule has 1 atom stereocenters. The second kappa shape index (κ2) is 8.26. The average molecular weight is 438 g/mol. The number of benzene rings is 1. The maximum Gasteiger partial charge on any atom is 0.233 e. The molecule has 0 aliphatic carbocycles. The van der Waals surface area contributed by atoms with E-state index >= 15 is 0 Å². The van der Waals surface area contributed by atoms with Gasteiger partial charge in [0.1, 0.15) is 16.2 Å². The van der Waals surface area contributed by atoms with Gasteiger partial charge in [-0.15, -0.1) is 22.7 Å². The summed E-state index contributed by atoms with van der Waals surface area (Å²) in [6, 6.07) is 14.7. The highest BCUT2D eigenvalue weighted by Crippen LogP contribution is 2.39. The number of amides is 1. The van der Waals surface area contributed by atoms with Gasteiger partial charge in [-0.05, 0) is 29.9 Å². The van der Waals surface area contributed by atoms with Gasteiger partial charge in [0, 0.05) is 22.4 Å². The van der Waals surface area contributed by atoms with Crippen molar-refractivity contribution in [3.05, 3.63) is 64.4 Å². The van der Waals surface area contributed by atoms with Crippen LogP contribution in [0.2, 0.25) is 0 Å². The standard InChI is InChI=1S/C22H19N3OS3/c26-19(25-10-4-8-17(25)18-9-5-11-27-18)13-29-22-20-16(15-6-2-1-3-7-15)12-28-21(20)23-14-24-22/h1-3,5-7,9,11-12,14,17H,4,8,10,13H2/t17-/m1/s1. The molecule has 0 saturated carbocycles. The van der Waals surface area contributed by atoms with E-state index in [4.69, 9.17) is 0 Å². The second-order valence-electron chi connectivity index (χ2n) is 6.92. The van der Waals surface area contributed by atoms with Gasteiger partial charge >= 0.3 is 0 Å². The van der Waals surface area contributed by atoms with Gasteiger partial charge in [0.2, 0.25) is 5.91 Å². The number of fused-ring (bicyclic) bond motifs is 1. The molecule has 4 aromatic rings. The van der Waals surface area contributed by atoms with Crippen LogP contribution in [0.15, 0.2) is 64.6 Å². The zero-order chi connectivity index (χ0) is 19.6. The Labute approximate surface area is 181 Å². The lowest BCUT2D eigenvalue weighted by Crippen LogP contribution is -2.31. The number of hydrogen-bond donors (Lipinski definition) is 0. The van der Waals surface area contributed by atoms with Gasteiger partial charge in [0.25, 0.3) is 0 Å². The lowest BCUT2D eigenvalue weighted by Gasteiger charge is -2.23. The molecule has 1 fully saturated rings. The predicted molar refractivity (Wildman–Crippen MR) is 122 cm³/mol. The van der Waals surface area contributed by atoms with Crippen LogP contribution in [-0.2, 0) is 4.79 Å². The van der Waals surface area contributed by atoms with Gasteiger partial charge < -0.3 is 4.90 Å². The van der Waals surface area contributed by atoms with Gasteiger partial charge in [0.15, 0.2) is 0 Å². The molecule has 1 aliphatic heterocycles. The maximum atomic E-state index is 13.0. The second-order valence-corrected chi connectivity index (χ2v) is 9.73. The van der Waals surface area contributed by atoms with Crippen LogP contribution >= 0.6 is 34.4 Å². The quantitative estimate of drug-likeness (QED) is 0.289. The minimum Gasteiger partial charge on any atom is -0.334 e. The van der Waals surface area contributed by atoms with Gasteiger partial charge in [-0.3, -0.25) is 4.79 Å². The van der Waals surface area contributed by atoms with Gasteiger partial charge in [-0.25, -0.2) is 9.97 Å². The number of carbonyl (C=O) groups is 1. The van der Waals surface area contributed by atoms with E-state index in [1.54, 1.807) is 29.0 Å². The third kappa shape index (κ3) is 3.70. The molecular formula is C22H19N3OS3. The first-order valence-corrected chi connectivity index (χ1v) is 12.3. The van der Waals surface area contributed by atoms with Crippen molar-refractivity contribution < 1.29 is 4.79 Å². The number of rotatable bonds is 5. The molecule has 4 heterocycles. The van der Waals surface area contributed by atoms with Crippen molar-refractivity contribution in [1.29, 1.82) is 0 Å². The van der Waals surface area contributed by atoms with Crippen molar-refractivity contribution in [2.75, 3.05) is 12.3 Å². The molecule has 7 heteroatoms. The van der Waals surface area contributed by atoms with Crippen molar-refractivity contribution in [1.82, 2.24) is 14.9 Å². The first-order chi connectivity index (χ1) is 14.3. The molecule has 5 rings (SSSR count). The van der Waals surface area contributed by atoms with E-state index in [1.807, 2.05) is 23.1 Å². The average Bonchev–Trinajstić information content (AvgIpc) is 3.52. The van der Waals surface area contributed by atoms with Crippen molar-refractivity contribution >= 4 is 50.6 Å². The summed E-state index contributed by atoms with van der Waals surface area (Å²) in [7, 11) is 0. The fraction of sp³-hybridized carbons (Fsp3) is 0.227. The molecule has 4 nitrogen and oxygen atoms in total. The third-order valence-corrected chi connectivity index (χ3v) is 8.03. The lowest BCUT2D eigenvalue weighted by atomic mass is 10.1. The fourth-order valence-corrected chi connectivity index (χ4v) is 6.59. The van der Waals surface area contributed by atoms with Crippen LogP contribution in [0.3, 0.4) is 0 Å². The molecule has 0 N–H and O–H groups in total.